The van der Waals surface area contributed by atoms with Gasteiger partial charge in [0, 0.05) is 37.3 Å². The van der Waals surface area contributed by atoms with Crippen LogP contribution in [-0.2, 0) is 19.6 Å². The Morgan fingerprint density at radius 1 is 1.00 bits per heavy atom. The molecule has 0 bridgehead atoms. The van der Waals surface area contributed by atoms with Gasteiger partial charge < -0.3 is 9.80 Å². The van der Waals surface area contributed by atoms with E-state index in [1.807, 2.05) is 0 Å². The minimum absolute atomic E-state index is 0.0691. The van der Waals surface area contributed by atoms with Crippen molar-refractivity contribution < 1.29 is 18.0 Å². The molecule has 2 saturated heterocycles. The summed E-state index contributed by atoms with van der Waals surface area (Å²) >= 11 is 0. The minimum atomic E-state index is -3.72. The molecule has 3 rings (SSSR count). The maximum absolute atomic E-state index is 12.0. The van der Waals surface area contributed by atoms with Gasteiger partial charge in [0.05, 0.1) is 0 Å². The Hall–Kier alpha value is -1.93. The number of rotatable bonds is 3. The molecular weight excluding hydrogens is 306 g/mol. The highest BCUT2D eigenvalue weighted by Crippen LogP contribution is 2.28. The molecule has 1 unspecified atom stereocenters. The van der Waals surface area contributed by atoms with Crippen LogP contribution in [0.25, 0.3) is 0 Å². The molecule has 0 aromatic heterocycles. The third kappa shape index (κ3) is 2.71. The number of hydrogen-bond donors (Lipinski definition) is 1. The molecule has 22 heavy (non-hydrogen) atoms. The Morgan fingerprint density at radius 3 is 2.05 bits per heavy atom. The molecule has 0 aliphatic carbocycles. The number of carbonyl (C=O) groups is 2. The number of amides is 2. The van der Waals surface area contributed by atoms with Crippen LogP contribution in [0.4, 0.5) is 11.4 Å². The Bertz CT molecular complexity index is 714. The quantitative estimate of drug-likeness (QED) is 0.859. The summed E-state index contributed by atoms with van der Waals surface area (Å²) < 4.78 is 22.7. The van der Waals surface area contributed by atoms with Crippen molar-refractivity contribution in [2.45, 2.75) is 24.5 Å². The van der Waals surface area contributed by atoms with E-state index < -0.39 is 15.3 Å². The molecule has 1 aromatic carbocycles. The van der Waals surface area contributed by atoms with E-state index in [0.717, 1.165) is 12.1 Å². The fourth-order valence-electron chi connectivity index (χ4n) is 2.88. The molecule has 7 nitrogen and oxygen atoms in total. The van der Waals surface area contributed by atoms with E-state index in [1.54, 1.807) is 29.2 Å². The first-order valence-electron chi connectivity index (χ1n) is 7.08. The average Bonchev–Trinajstić information content (AvgIpc) is 3.05. The Balaban J connectivity index is 1.79. The molecule has 2 aliphatic rings. The van der Waals surface area contributed by atoms with Crippen LogP contribution in [0, 0.1) is 0 Å². The number of hydrogen-bond acceptors (Lipinski definition) is 4. The lowest BCUT2D eigenvalue weighted by Crippen LogP contribution is -2.32. The van der Waals surface area contributed by atoms with Crippen molar-refractivity contribution in [3.8, 4) is 0 Å². The van der Waals surface area contributed by atoms with Gasteiger partial charge in [0.2, 0.25) is 21.8 Å². The van der Waals surface area contributed by atoms with E-state index >= 15 is 0 Å². The molecule has 2 N–H and O–H groups in total. The van der Waals surface area contributed by atoms with Gasteiger partial charge in [-0.15, -0.1) is 0 Å². The molecule has 2 amide bonds. The summed E-state index contributed by atoms with van der Waals surface area (Å²) in [5, 5.41) is 4.25. The van der Waals surface area contributed by atoms with Crippen LogP contribution in [0.2, 0.25) is 0 Å². The predicted molar refractivity (Wildman–Crippen MR) is 81.9 cm³/mol. The standard InChI is InChI=1S/C14H17N3O4S/c15-22(20,21)12-8-14(19)17(9-12)11-5-3-10(4-6-11)16-7-1-2-13(16)18/h3-6,12H,1-2,7-9H2,(H2,15,20,21). The molecule has 8 heteroatoms. The fourth-order valence-corrected chi connectivity index (χ4v) is 3.61. The highest BCUT2D eigenvalue weighted by atomic mass is 32.2. The monoisotopic (exact) mass is 323 g/mol. The Labute approximate surface area is 128 Å². The van der Waals surface area contributed by atoms with Crippen molar-refractivity contribution in [1.82, 2.24) is 0 Å². The minimum Gasteiger partial charge on any atom is -0.312 e. The lowest BCUT2D eigenvalue weighted by molar-refractivity contribution is -0.117. The lowest BCUT2D eigenvalue weighted by Gasteiger charge is -2.19. The van der Waals surface area contributed by atoms with Gasteiger partial charge in [-0.1, -0.05) is 0 Å². The van der Waals surface area contributed by atoms with Crippen LogP contribution >= 0.6 is 0 Å². The highest BCUT2D eigenvalue weighted by Gasteiger charge is 2.37. The van der Waals surface area contributed by atoms with Crippen LogP contribution < -0.4 is 14.9 Å². The largest absolute Gasteiger partial charge is 0.312 e. The van der Waals surface area contributed by atoms with E-state index in [1.165, 1.54) is 4.90 Å². The highest BCUT2D eigenvalue weighted by molar-refractivity contribution is 7.89. The molecule has 0 spiro atoms. The van der Waals surface area contributed by atoms with Crippen LogP contribution in [0.3, 0.4) is 0 Å². The van der Waals surface area contributed by atoms with Gasteiger partial charge in [-0.2, -0.15) is 0 Å². The van der Waals surface area contributed by atoms with Gasteiger partial charge in [-0.25, -0.2) is 13.6 Å². The van der Waals surface area contributed by atoms with Crippen LogP contribution in [0.5, 0.6) is 0 Å². The number of nitrogens with zero attached hydrogens (tertiary/aromatic N) is 2. The van der Waals surface area contributed by atoms with Crippen molar-refractivity contribution in [3.05, 3.63) is 24.3 Å². The summed E-state index contributed by atoms with van der Waals surface area (Å²) in [7, 11) is -3.72. The Morgan fingerprint density at radius 2 is 1.59 bits per heavy atom. The maximum Gasteiger partial charge on any atom is 0.228 e. The number of carbonyl (C=O) groups excluding carboxylic acids is 2. The first-order chi connectivity index (χ1) is 10.4. The first kappa shape index (κ1) is 15.0. The van der Waals surface area contributed by atoms with E-state index in [2.05, 4.69) is 0 Å². The summed E-state index contributed by atoms with van der Waals surface area (Å²) in [6, 6.07) is 7.00. The molecule has 2 fully saturated rings. The number of sulfonamides is 1. The summed E-state index contributed by atoms with van der Waals surface area (Å²) in [5.74, 6) is -0.164. The van der Waals surface area contributed by atoms with E-state index in [-0.39, 0.29) is 24.8 Å². The molecule has 1 atom stereocenters. The zero-order valence-electron chi connectivity index (χ0n) is 11.9. The number of anilines is 2. The zero-order valence-corrected chi connectivity index (χ0v) is 12.8. The average molecular weight is 323 g/mol. The predicted octanol–water partition coefficient (Wildman–Crippen LogP) is 0.207. The molecule has 1 aromatic rings. The van der Waals surface area contributed by atoms with E-state index in [4.69, 9.17) is 5.14 Å². The number of primary sulfonamides is 1. The van der Waals surface area contributed by atoms with Crippen LogP contribution in [0.1, 0.15) is 19.3 Å². The molecule has 2 aliphatic heterocycles. The Kier molecular flexibility index (Phi) is 3.65. The summed E-state index contributed by atoms with van der Waals surface area (Å²) in [6.45, 7) is 0.772. The fraction of sp³-hybridized carbons (Fsp3) is 0.429. The van der Waals surface area contributed by atoms with Crippen molar-refractivity contribution >= 4 is 33.2 Å². The normalized spacial score (nSPS) is 22.7. The van der Waals surface area contributed by atoms with Gasteiger partial charge >= 0.3 is 0 Å². The van der Waals surface area contributed by atoms with Crippen molar-refractivity contribution in [3.63, 3.8) is 0 Å². The van der Waals surface area contributed by atoms with Gasteiger partial charge in [-0.3, -0.25) is 9.59 Å². The van der Waals surface area contributed by atoms with E-state index in [9.17, 15) is 18.0 Å². The van der Waals surface area contributed by atoms with Crippen LogP contribution in [-0.4, -0.2) is 38.6 Å². The first-order valence-corrected chi connectivity index (χ1v) is 8.69. The smallest absolute Gasteiger partial charge is 0.228 e. The SMILES string of the molecule is NS(=O)(=O)C1CC(=O)N(c2ccc(N3CCCC3=O)cc2)C1. The summed E-state index contributed by atoms with van der Waals surface area (Å²) in [4.78, 5) is 26.8. The summed E-state index contributed by atoms with van der Waals surface area (Å²) in [6.07, 6.45) is 1.31. The molecule has 0 saturated carbocycles. The van der Waals surface area contributed by atoms with Gasteiger partial charge in [-0.05, 0) is 30.7 Å². The summed E-state index contributed by atoms with van der Waals surface area (Å²) in [5.41, 5.74) is 1.41. The lowest BCUT2D eigenvalue weighted by atomic mass is 10.2. The number of benzene rings is 1. The van der Waals surface area contributed by atoms with Crippen molar-refractivity contribution in [1.29, 1.82) is 0 Å². The third-order valence-corrected chi connectivity index (χ3v) is 5.35. The second-order valence-electron chi connectivity index (χ2n) is 5.58. The van der Waals surface area contributed by atoms with Gasteiger partial charge in [0.25, 0.3) is 0 Å². The third-order valence-electron chi connectivity index (χ3n) is 4.10. The zero-order chi connectivity index (χ0) is 15.9. The maximum atomic E-state index is 12.0. The molecule has 2 heterocycles. The number of nitrogens with two attached hydrogens (primary N) is 1. The van der Waals surface area contributed by atoms with Gasteiger partial charge in [0.15, 0.2) is 0 Å². The molecule has 0 radical (unpaired) electrons. The second kappa shape index (κ2) is 5.36. The van der Waals surface area contributed by atoms with Crippen molar-refractivity contribution in [2.75, 3.05) is 22.9 Å². The topological polar surface area (TPSA) is 101 Å². The second-order valence-corrected chi connectivity index (χ2v) is 7.43. The molecule has 118 valence electrons. The van der Waals surface area contributed by atoms with Crippen LogP contribution in [0.15, 0.2) is 24.3 Å². The van der Waals surface area contributed by atoms with Crippen molar-refractivity contribution in [2.24, 2.45) is 5.14 Å². The molecular formula is C14H17N3O4S. The van der Waals surface area contributed by atoms with E-state index in [0.29, 0.717) is 18.7 Å². The van der Waals surface area contributed by atoms with Gasteiger partial charge in [0.1, 0.15) is 5.25 Å².